The molecular formula is C28H16O4. The van der Waals surface area contributed by atoms with E-state index in [-0.39, 0.29) is 0 Å². The van der Waals surface area contributed by atoms with Crippen LogP contribution in [0.4, 0.5) is 0 Å². The molecule has 6 rings (SSSR count). The van der Waals surface area contributed by atoms with E-state index in [0.717, 1.165) is 32.7 Å². The monoisotopic (exact) mass is 416 g/mol. The highest BCUT2D eigenvalue weighted by Crippen LogP contribution is 2.35. The molecule has 2 aromatic heterocycles. The van der Waals surface area contributed by atoms with Crippen LogP contribution in [-0.4, -0.2) is 0 Å². The molecule has 0 N–H and O–H groups in total. The van der Waals surface area contributed by atoms with Crippen LogP contribution in [0.5, 0.6) is 0 Å². The largest absolute Gasteiger partial charge is 0.423 e. The van der Waals surface area contributed by atoms with Crippen LogP contribution in [0, 0.1) is 0 Å². The lowest BCUT2D eigenvalue weighted by atomic mass is 9.94. The Balaban J connectivity index is 1.65. The van der Waals surface area contributed by atoms with Crippen LogP contribution in [0.25, 0.3) is 55.0 Å². The lowest BCUT2D eigenvalue weighted by molar-refractivity contribution is 0.561. The molecule has 6 aromatic rings. The topological polar surface area (TPSA) is 60.4 Å². The van der Waals surface area contributed by atoms with Crippen molar-refractivity contribution in [2.24, 2.45) is 0 Å². The van der Waals surface area contributed by atoms with Gasteiger partial charge < -0.3 is 8.83 Å². The Labute approximate surface area is 182 Å². The summed E-state index contributed by atoms with van der Waals surface area (Å²) in [5.74, 6) is 0. The molecule has 32 heavy (non-hydrogen) atoms. The van der Waals surface area contributed by atoms with Crippen LogP contribution in [0.1, 0.15) is 0 Å². The van der Waals surface area contributed by atoms with Crippen molar-refractivity contribution in [2.45, 2.75) is 0 Å². The van der Waals surface area contributed by atoms with Gasteiger partial charge in [0.15, 0.2) is 0 Å². The zero-order valence-electron chi connectivity index (χ0n) is 16.9. The maximum atomic E-state index is 12.7. The van der Waals surface area contributed by atoms with Crippen LogP contribution in [0.15, 0.2) is 115 Å². The van der Waals surface area contributed by atoms with E-state index < -0.39 is 11.3 Å². The van der Waals surface area contributed by atoms with Gasteiger partial charge in [-0.2, -0.15) is 0 Å². The van der Waals surface area contributed by atoms with E-state index in [1.807, 2.05) is 72.8 Å². The van der Waals surface area contributed by atoms with Crippen molar-refractivity contribution < 1.29 is 8.83 Å². The second kappa shape index (κ2) is 7.06. The number of rotatable bonds is 2. The van der Waals surface area contributed by atoms with Gasteiger partial charge in [-0.3, -0.25) is 0 Å². The minimum absolute atomic E-state index is 0.410. The molecule has 2 heterocycles. The number of fused-ring (bicyclic) bond motifs is 3. The number of benzene rings is 4. The number of para-hydroxylation sites is 1. The molecule has 0 unspecified atom stereocenters. The van der Waals surface area contributed by atoms with Gasteiger partial charge in [0.1, 0.15) is 11.2 Å². The van der Waals surface area contributed by atoms with Gasteiger partial charge in [0.2, 0.25) is 0 Å². The summed E-state index contributed by atoms with van der Waals surface area (Å²) in [5.41, 5.74) is 3.04. The fraction of sp³-hybridized carbons (Fsp3) is 0. The Morgan fingerprint density at radius 3 is 2.19 bits per heavy atom. The van der Waals surface area contributed by atoms with Gasteiger partial charge in [-0.15, -0.1) is 0 Å². The van der Waals surface area contributed by atoms with Gasteiger partial charge in [0, 0.05) is 22.4 Å². The molecule has 0 spiro atoms. The van der Waals surface area contributed by atoms with Gasteiger partial charge in [-0.05, 0) is 46.2 Å². The van der Waals surface area contributed by atoms with E-state index in [9.17, 15) is 9.59 Å². The van der Waals surface area contributed by atoms with Crippen molar-refractivity contribution in [3.05, 3.63) is 118 Å². The minimum atomic E-state index is -0.418. The van der Waals surface area contributed by atoms with Crippen LogP contribution in [0.2, 0.25) is 0 Å². The first kappa shape index (κ1) is 18.3. The predicted molar refractivity (Wildman–Crippen MR) is 127 cm³/mol. The molecule has 0 saturated heterocycles. The summed E-state index contributed by atoms with van der Waals surface area (Å²) in [6, 6.07) is 30.2. The second-order valence-electron chi connectivity index (χ2n) is 7.70. The van der Waals surface area contributed by atoms with Gasteiger partial charge in [-0.25, -0.2) is 9.59 Å². The van der Waals surface area contributed by atoms with Crippen LogP contribution < -0.4 is 11.3 Å². The maximum Gasteiger partial charge on any atom is 0.344 e. The average molecular weight is 416 g/mol. The Morgan fingerprint density at radius 1 is 0.500 bits per heavy atom. The maximum absolute atomic E-state index is 12.7. The van der Waals surface area contributed by atoms with E-state index in [2.05, 4.69) is 0 Å². The van der Waals surface area contributed by atoms with Crippen molar-refractivity contribution >= 4 is 32.7 Å². The first-order valence-electron chi connectivity index (χ1n) is 10.3. The summed E-state index contributed by atoms with van der Waals surface area (Å²) in [4.78, 5) is 25.1. The van der Waals surface area contributed by atoms with E-state index in [4.69, 9.17) is 8.83 Å². The standard InChI is InChI=1S/C28H16O4/c29-27-16-23(21-10-5-8-17-6-1-3-9-20(17)21)24-14-18(12-13-26(24)31-27)22-15-19-7-2-4-11-25(19)32-28(22)30/h1-16H. The smallest absolute Gasteiger partial charge is 0.344 e. The van der Waals surface area contributed by atoms with Crippen molar-refractivity contribution in [3.63, 3.8) is 0 Å². The highest BCUT2D eigenvalue weighted by Gasteiger charge is 2.14. The molecule has 0 aliphatic carbocycles. The van der Waals surface area contributed by atoms with Crippen molar-refractivity contribution in [1.82, 2.24) is 0 Å². The number of hydrogen-bond donors (Lipinski definition) is 0. The number of hydrogen-bond acceptors (Lipinski definition) is 4. The molecule has 152 valence electrons. The third-order valence-electron chi connectivity index (χ3n) is 5.77. The molecule has 4 aromatic carbocycles. The molecule has 0 atom stereocenters. The molecule has 0 amide bonds. The first-order chi connectivity index (χ1) is 15.7. The molecule has 0 bridgehead atoms. The van der Waals surface area contributed by atoms with E-state index in [1.165, 1.54) is 6.07 Å². The SMILES string of the molecule is O=c1cc(-c2cccc3ccccc23)c2cc(-c3cc4ccccc4oc3=O)ccc2o1. The lowest BCUT2D eigenvalue weighted by Crippen LogP contribution is -2.03. The molecule has 0 saturated carbocycles. The molecule has 4 heteroatoms. The van der Waals surface area contributed by atoms with E-state index in [0.29, 0.717) is 22.3 Å². The molecular weight excluding hydrogens is 400 g/mol. The van der Waals surface area contributed by atoms with E-state index >= 15 is 0 Å². The third-order valence-corrected chi connectivity index (χ3v) is 5.77. The Kier molecular flexibility index (Phi) is 4.05. The van der Waals surface area contributed by atoms with Gasteiger partial charge >= 0.3 is 11.3 Å². The second-order valence-corrected chi connectivity index (χ2v) is 7.70. The lowest BCUT2D eigenvalue weighted by Gasteiger charge is -2.11. The Bertz CT molecular complexity index is 1770. The predicted octanol–water partition coefficient (Wildman–Crippen LogP) is 6.39. The molecule has 4 nitrogen and oxygen atoms in total. The molecule has 0 aliphatic rings. The Hall–Kier alpha value is -4.44. The summed E-state index contributed by atoms with van der Waals surface area (Å²) >= 11 is 0. The molecule has 0 aliphatic heterocycles. The van der Waals surface area contributed by atoms with Crippen LogP contribution >= 0.6 is 0 Å². The van der Waals surface area contributed by atoms with Gasteiger partial charge in [0.05, 0.1) is 5.56 Å². The summed E-state index contributed by atoms with van der Waals surface area (Å²) in [6.07, 6.45) is 0. The zero-order valence-corrected chi connectivity index (χ0v) is 16.9. The van der Waals surface area contributed by atoms with Crippen LogP contribution in [-0.2, 0) is 0 Å². The van der Waals surface area contributed by atoms with Gasteiger partial charge in [-0.1, -0.05) is 66.7 Å². The van der Waals surface area contributed by atoms with Crippen molar-refractivity contribution in [2.75, 3.05) is 0 Å². The summed E-state index contributed by atoms with van der Waals surface area (Å²) in [6.45, 7) is 0. The molecule has 0 radical (unpaired) electrons. The normalized spacial score (nSPS) is 11.4. The summed E-state index contributed by atoms with van der Waals surface area (Å²) < 4.78 is 11.0. The fourth-order valence-corrected chi connectivity index (χ4v) is 4.28. The van der Waals surface area contributed by atoms with Crippen molar-refractivity contribution in [1.29, 1.82) is 0 Å². The highest BCUT2D eigenvalue weighted by molar-refractivity contribution is 6.05. The highest BCUT2D eigenvalue weighted by atomic mass is 16.4. The Morgan fingerprint density at radius 2 is 1.28 bits per heavy atom. The third kappa shape index (κ3) is 2.93. The first-order valence-corrected chi connectivity index (χ1v) is 10.3. The van der Waals surface area contributed by atoms with Crippen molar-refractivity contribution in [3.8, 4) is 22.3 Å². The fourth-order valence-electron chi connectivity index (χ4n) is 4.28. The summed E-state index contributed by atoms with van der Waals surface area (Å²) in [5, 5.41) is 3.72. The molecule has 0 fully saturated rings. The summed E-state index contributed by atoms with van der Waals surface area (Å²) in [7, 11) is 0. The van der Waals surface area contributed by atoms with Crippen LogP contribution in [0.3, 0.4) is 0 Å². The van der Waals surface area contributed by atoms with E-state index in [1.54, 1.807) is 18.2 Å². The zero-order chi connectivity index (χ0) is 21.7. The van der Waals surface area contributed by atoms with Gasteiger partial charge in [0.25, 0.3) is 0 Å². The minimum Gasteiger partial charge on any atom is -0.423 e. The quantitative estimate of drug-likeness (QED) is 0.307. The average Bonchev–Trinajstić information content (AvgIpc) is 2.82.